The van der Waals surface area contributed by atoms with Crippen LogP contribution in [0.25, 0.3) is 27.8 Å². The van der Waals surface area contributed by atoms with Crippen LogP contribution in [0.1, 0.15) is 90.0 Å². The van der Waals surface area contributed by atoms with Gasteiger partial charge in [0.25, 0.3) is 0 Å². The van der Waals surface area contributed by atoms with Crippen molar-refractivity contribution in [3.8, 4) is 22.3 Å². The molecule has 0 bridgehead atoms. The van der Waals surface area contributed by atoms with Gasteiger partial charge in [-0.15, -0.1) is 0 Å². The molecule has 40 heavy (non-hydrogen) atoms. The Labute approximate surface area is 243 Å². The molecular formula is C38H48O2. The molecule has 0 aliphatic heterocycles. The highest BCUT2D eigenvalue weighted by Crippen LogP contribution is 2.33. The summed E-state index contributed by atoms with van der Waals surface area (Å²) in [5.74, 6) is -0.626. The van der Waals surface area contributed by atoms with Gasteiger partial charge < -0.3 is 9.47 Å². The smallest absolute Gasteiger partial charge is 0.191 e. The monoisotopic (exact) mass is 536 g/mol. The van der Waals surface area contributed by atoms with Gasteiger partial charge in [0, 0.05) is 6.42 Å². The van der Waals surface area contributed by atoms with E-state index in [2.05, 4.69) is 111 Å². The van der Waals surface area contributed by atoms with Crippen LogP contribution >= 0.6 is 0 Å². The lowest BCUT2D eigenvalue weighted by molar-refractivity contribution is -0.203. The Bertz CT molecular complexity index is 1160. The minimum absolute atomic E-state index is 0.626. The van der Waals surface area contributed by atoms with Crippen LogP contribution in [0, 0.1) is 0 Å². The highest BCUT2D eigenvalue weighted by atomic mass is 16.7. The number of allylic oxidation sites excluding steroid dienone is 2. The minimum Gasteiger partial charge on any atom is -0.346 e. The lowest BCUT2D eigenvalue weighted by atomic mass is 9.94. The number of ether oxygens (including phenoxy) is 2. The van der Waals surface area contributed by atoms with Gasteiger partial charge in [-0.25, -0.2) is 0 Å². The fourth-order valence-electron chi connectivity index (χ4n) is 5.32. The van der Waals surface area contributed by atoms with Gasteiger partial charge in [0.05, 0.1) is 13.2 Å². The van der Waals surface area contributed by atoms with E-state index in [9.17, 15) is 0 Å². The molecule has 2 heteroatoms. The van der Waals surface area contributed by atoms with E-state index in [1.807, 2.05) is 0 Å². The molecule has 1 aliphatic carbocycles. The molecule has 0 N–H and O–H groups in total. The highest BCUT2D eigenvalue weighted by Gasteiger charge is 2.30. The summed E-state index contributed by atoms with van der Waals surface area (Å²) in [5, 5.41) is 0. The number of benzene rings is 3. The van der Waals surface area contributed by atoms with Gasteiger partial charge in [-0.05, 0) is 52.3 Å². The Morgan fingerprint density at radius 2 is 0.975 bits per heavy atom. The average molecular weight is 537 g/mol. The maximum atomic E-state index is 6.43. The largest absolute Gasteiger partial charge is 0.346 e. The van der Waals surface area contributed by atoms with Gasteiger partial charge in [0.1, 0.15) is 0 Å². The summed E-state index contributed by atoms with van der Waals surface area (Å²) in [6, 6.07) is 28.3. The van der Waals surface area contributed by atoms with Crippen LogP contribution in [0.4, 0.5) is 0 Å². The van der Waals surface area contributed by atoms with Crippen LogP contribution in [0.15, 0.2) is 97.1 Å². The first-order chi connectivity index (χ1) is 19.7. The van der Waals surface area contributed by atoms with Crippen molar-refractivity contribution in [2.75, 3.05) is 13.2 Å². The second kappa shape index (κ2) is 16.4. The van der Waals surface area contributed by atoms with E-state index in [1.165, 1.54) is 84.8 Å². The van der Waals surface area contributed by atoms with Crippen LogP contribution in [-0.2, 0) is 9.47 Å². The van der Waals surface area contributed by atoms with Crippen molar-refractivity contribution >= 4 is 5.57 Å². The number of unbranched alkanes of at least 4 members (excludes halogenated alkanes) is 8. The summed E-state index contributed by atoms with van der Waals surface area (Å²) in [4.78, 5) is 0. The number of rotatable bonds is 17. The molecule has 0 atom stereocenters. The predicted molar refractivity (Wildman–Crippen MR) is 171 cm³/mol. The van der Waals surface area contributed by atoms with Crippen LogP contribution in [0.5, 0.6) is 0 Å². The third kappa shape index (κ3) is 9.04. The van der Waals surface area contributed by atoms with Crippen molar-refractivity contribution in [2.24, 2.45) is 0 Å². The molecule has 212 valence electrons. The van der Waals surface area contributed by atoms with Gasteiger partial charge in [-0.2, -0.15) is 0 Å². The highest BCUT2D eigenvalue weighted by molar-refractivity contribution is 5.77. The summed E-state index contributed by atoms with van der Waals surface area (Å²) in [6.45, 7) is 6.02. The van der Waals surface area contributed by atoms with Crippen molar-refractivity contribution in [2.45, 2.75) is 90.3 Å². The molecule has 3 aromatic rings. The third-order valence-corrected chi connectivity index (χ3v) is 7.86. The van der Waals surface area contributed by atoms with Crippen LogP contribution in [0.3, 0.4) is 0 Å². The Balaban J connectivity index is 1.36. The van der Waals surface area contributed by atoms with Crippen LogP contribution < -0.4 is 0 Å². The maximum absolute atomic E-state index is 6.43. The topological polar surface area (TPSA) is 18.5 Å². The molecule has 0 heterocycles. The second-order valence-corrected chi connectivity index (χ2v) is 11.1. The maximum Gasteiger partial charge on any atom is 0.191 e. The lowest BCUT2D eigenvalue weighted by Gasteiger charge is -2.33. The third-order valence-electron chi connectivity index (χ3n) is 7.86. The van der Waals surface area contributed by atoms with Crippen LogP contribution in [-0.4, -0.2) is 19.0 Å². The fourth-order valence-corrected chi connectivity index (χ4v) is 5.32. The molecule has 0 fully saturated rings. The van der Waals surface area contributed by atoms with E-state index in [0.29, 0.717) is 0 Å². The van der Waals surface area contributed by atoms with E-state index in [-0.39, 0.29) is 0 Å². The SMILES string of the molecule is CCCCCCCOC1(OCCCCCCC)C=CC(c2ccc(-c3ccc(-c4ccccc4)cc3)cc2)=CC1. The molecule has 0 radical (unpaired) electrons. The van der Waals surface area contributed by atoms with E-state index >= 15 is 0 Å². The number of hydrogen-bond donors (Lipinski definition) is 0. The second-order valence-electron chi connectivity index (χ2n) is 11.1. The van der Waals surface area contributed by atoms with E-state index < -0.39 is 5.79 Å². The predicted octanol–water partition coefficient (Wildman–Crippen LogP) is 11.0. The Kier molecular flexibility index (Phi) is 12.3. The van der Waals surface area contributed by atoms with Crippen molar-refractivity contribution in [1.29, 1.82) is 0 Å². The minimum atomic E-state index is -0.626. The van der Waals surface area contributed by atoms with Crippen molar-refractivity contribution in [3.05, 3.63) is 103 Å². The quantitative estimate of drug-likeness (QED) is 0.126. The molecule has 2 nitrogen and oxygen atoms in total. The van der Waals surface area contributed by atoms with Crippen LogP contribution in [0.2, 0.25) is 0 Å². The first kappa shape index (κ1) is 30.0. The standard InChI is InChI=1S/C38H48O2/c1-3-5-7-9-14-30-39-38(40-31-15-10-8-6-4-2)28-26-37(27-29-38)36-24-22-35(23-25-36)34-20-18-33(19-21-34)32-16-12-11-13-17-32/h11-13,16-28H,3-10,14-15,29-31H2,1-2H3. The lowest BCUT2D eigenvalue weighted by Crippen LogP contribution is -2.35. The van der Waals surface area contributed by atoms with Gasteiger partial charge in [-0.3, -0.25) is 0 Å². The van der Waals surface area contributed by atoms with Gasteiger partial charge in [-0.1, -0.05) is 156 Å². The average Bonchev–Trinajstić information content (AvgIpc) is 3.02. The zero-order valence-electron chi connectivity index (χ0n) is 24.7. The molecule has 0 saturated carbocycles. The zero-order valence-corrected chi connectivity index (χ0v) is 24.7. The van der Waals surface area contributed by atoms with E-state index in [0.717, 1.165) is 32.5 Å². The van der Waals surface area contributed by atoms with Gasteiger partial charge in [0.2, 0.25) is 0 Å². The molecule has 0 aromatic heterocycles. The summed E-state index contributed by atoms with van der Waals surface area (Å²) in [5.41, 5.74) is 7.42. The van der Waals surface area contributed by atoms with Gasteiger partial charge in [0.15, 0.2) is 5.79 Å². The van der Waals surface area contributed by atoms with Crippen molar-refractivity contribution in [1.82, 2.24) is 0 Å². The van der Waals surface area contributed by atoms with E-state index in [1.54, 1.807) is 0 Å². The van der Waals surface area contributed by atoms with E-state index in [4.69, 9.17) is 9.47 Å². The molecular weight excluding hydrogens is 488 g/mol. The molecule has 0 amide bonds. The van der Waals surface area contributed by atoms with Gasteiger partial charge >= 0.3 is 0 Å². The Morgan fingerprint density at radius 3 is 1.43 bits per heavy atom. The molecule has 0 unspecified atom stereocenters. The molecule has 4 rings (SSSR count). The molecule has 0 spiro atoms. The first-order valence-electron chi connectivity index (χ1n) is 15.7. The molecule has 0 saturated heterocycles. The summed E-state index contributed by atoms with van der Waals surface area (Å²) >= 11 is 0. The summed E-state index contributed by atoms with van der Waals surface area (Å²) < 4.78 is 12.9. The van der Waals surface area contributed by atoms with Crippen molar-refractivity contribution in [3.63, 3.8) is 0 Å². The molecule has 3 aromatic carbocycles. The normalized spacial score (nSPS) is 14.3. The Morgan fingerprint density at radius 1 is 0.525 bits per heavy atom. The zero-order chi connectivity index (χ0) is 27.9. The Hall–Kier alpha value is -2.94. The fraction of sp³-hybridized carbons (Fsp3) is 0.421. The first-order valence-corrected chi connectivity index (χ1v) is 15.7. The molecule has 1 aliphatic rings. The summed E-state index contributed by atoms with van der Waals surface area (Å²) in [7, 11) is 0. The number of hydrogen-bond acceptors (Lipinski definition) is 2. The van der Waals surface area contributed by atoms with Crippen molar-refractivity contribution < 1.29 is 9.47 Å². The summed E-state index contributed by atoms with van der Waals surface area (Å²) in [6.07, 6.45) is 19.8.